The quantitative estimate of drug-likeness (QED) is 0.830. The lowest BCUT2D eigenvalue weighted by Gasteiger charge is -2.35. The minimum atomic E-state index is -0.00542. The van der Waals surface area contributed by atoms with Crippen LogP contribution in [0.5, 0.6) is 0 Å². The van der Waals surface area contributed by atoms with Crippen LogP contribution in [0.1, 0.15) is 36.2 Å². The first-order valence-electron chi connectivity index (χ1n) is 9.84. The van der Waals surface area contributed by atoms with Gasteiger partial charge >= 0.3 is 0 Å². The number of rotatable bonds is 3. The molecule has 4 rings (SSSR count). The molecule has 0 unspecified atom stereocenters. The van der Waals surface area contributed by atoms with Crippen LogP contribution in [0.4, 0.5) is 11.8 Å². The van der Waals surface area contributed by atoms with Crippen molar-refractivity contribution in [2.24, 2.45) is 0 Å². The summed E-state index contributed by atoms with van der Waals surface area (Å²) >= 11 is 0. The maximum absolute atomic E-state index is 12.9. The summed E-state index contributed by atoms with van der Waals surface area (Å²) in [7, 11) is 0. The van der Waals surface area contributed by atoms with Crippen molar-refractivity contribution in [2.75, 3.05) is 49.1 Å². The van der Waals surface area contributed by atoms with Crippen LogP contribution in [0.3, 0.4) is 0 Å². The van der Waals surface area contributed by atoms with Gasteiger partial charge in [0.1, 0.15) is 11.5 Å². The van der Waals surface area contributed by atoms with Crippen LogP contribution in [0, 0.1) is 0 Å². The minimum absolute atomic E-state index is 0.00542. The zero-order chi connectivity index (χ0) is 18.5. The van der Waals surface area contributed by atoms with Crippen LogP contribution in [-0.2, 0) is 0 Å². The van der Waals surface area contributed by atoms with E-state index >= 15 is 0 Å². The summed E-state index contributed by atoms with van der Waals surface area (Å²) in [6.07, 6.45) is 8.36. The zero-order valence-electron chi connectivity index (χ0n) is 15.6. The average molecular weight is 366 g/mol. The molecule has 0 aliphatic carbocycles. The molecule has 2 aliphatic heterocycles. The minimum Gasteiger partial charge on any atom is -0.353 e. The fourth-order valence-electron chi connectivity index (χ4n) is 3.73. The van der Waals surface area contributed by atoms with Gasteiger partial charge in [0.05, 0.1) is 0 Å². The van der Waals surface area contributed by atoms with Crippen LogP contribution < -0.4 is 9.80 Å². The number of nitrogens with zero attached hydrogens (tertiary/aromatic N) is 6. The van der Waals surface area contributed by atoms with Gasteiger partial charge in [-0.15, -0.1) is 0 Å². The second-order valence-corrected chi connectivity index (χ2v) is 7.11. The average Bonchev–Trinajstić information content (AvgIpc) is 3.04. The normalized spacial score (nSPS) is 18.3. The van der Waals surface area contributed by atoms with Crippen molar-refractivity contribution in [1.82, 2.24) is 19.9 Å². The molecule has 7 heteroatoms. The Balaban J connectivity index is 1.40. The number of hydrogen-bond acceptors (Lipinski definition) is 6. The monoisotopic (exact) mass is 366 g/mol. The highest BCUT2D eigenvalue weighted by atomic mass is 16.2. The van der Waals surface area contributed by atoms with Gasteiger partial charge in [-0.25, -0.2) is 15.0 Å². The Morgan fingerprint density at radius 1 is 0.778 bits per heavy atom. The molecular formula is C20H26N6O. The molecule has 7 nitrogen and oxygen atoms in total. The van der Waals surface area contributed by atoms with Crippen molar-refractivity contribution in [3.63, 3.8) is 0 Å². The van der Waals surface area contributed by atoms with Crippen molar-refractivity contribution in [3.05, 3.63) is 42.4 Å². The van der Waals surface area contributed by atoms with Crippen LogP contribution in [-0.4, -0.2) is 65.0 Å². The third kappa shape index (κ3) is 4.18. The highest BCUT2D eigenvalue weighted by Crippen LogP contribution is 2.17. The largest absolute Gasteiger partial charge is 0.353 e. The highest BCUT2D eigenvalue weighted by Gasteiger charge is 2.24. The standard InChI is InChI=1S/C20H26N6O/c27-19(25-15-13-24(14-16-25)18-7-3-4-9-21-18)17-8-10-22-20(23-17)26-11-5-1-2-6-12-26/h3-4,7-10H,1-2,5-6,11-16H2. The predicted molar refractivity (Wildman–Crippen MR) is 105 cm³/mol. The Bertz CT molecular complexity index is 752. The van der Waals surface area contributed by atoms with E-state index < -0.39 is 0 Å². The van der Waals surface area contributed by atoms with Crippen LogP contribution in [0.25, 0.3) is 0 Å². The molecule has 0 atom stereocenters. The SMILES string of the molecule is O=C(c1ccnc(N2CCCCCC2)n1)N1CCN(c2ccccn2)CC1. The number of piperazine rings is 1. The van der Waals surface area contributed by atoms with Gasteiger partial charge in [-0.05, 0) is 31.0 Å². The number of anilines is 2. The lowest BCUT2D eigenvalue weighted by molar-refractivity contribution is 0.0740. The van der Waals surface area contributed by atoms with E-state index in [0.29, 0.717) is 24.7 Å². The van der Waals surface area contributed by atoms with E-state index in [0.717, 1.165) is 44.8 Å². The predicted octanol–water partition coefficient (Wildman–Crippen LogP) is 2.21. The number of carbonyl (C=O) groups is 1. The van der Waals surface area contributed by atoms with Gasteiger partial charge in [0.2, 0.25) is 5.95 Å². The van der Waals surface area contributed by atoms with E-state index in [1.165, 1.54) is 12.8 Å². The maximum Gasteiger partial charge on any atom is 0.272 e. The van der Waals surface area contributed by atoms with Crippen molar-refractivity contribution in [1.29, 1.82) is 0 Å². The molecule has 1 amide bonds. The molecule has 0 saturated carbocycles. The molecular weight excluding hydrogens is 340 g/mol. The molecule has 0 bridgehead atoms. The molecule has 2 saturated heterocycles. The van der Waals surface area contributed by atoms with Crippen molar-refractivity contribution in [3.8, 4) is 0 Å². The smallest absolute Gasteiger partial charge is 0.272 e. The van der Waals surface area contributed by atoms with Crippen molar-refractivity contribution >= 4 is 17.7 Å². The first-order valence-corrected chi connectivity index (χ1v) is 9.84. The molecule has 0 N–H and O–H groups in total. The summed E-state index contributed by atoms with van der Waals surface area (Å²) in [6.45, 7) is 4.87. The Hall–Kier alpha value is -2.70. The molecule has 2 aromatic heterocycles. The van der Waals surface area contributed by atoms with E-state index in [9.17, 15) is 4.79 Å². The third-order valence-electron chi connectivity index (χ3n) is 5.29. The Morgan fingerprint density at radius 2 is 1.56 bits per heavy atom. The van der Waals surface area contributed by atoms with E-state index in [1.54, 1.807) is 18.5 Å². The molecule has 142 valence electrons. The van der Waals surface area contributed by atoms with Gasteiger partial charge in [-0.3, -0.25) is 4.79 Å². The number of pyridine rings is 1. The van der Waals surface area contributed by atoms with Crippen molar-refractivity contribution in [2.45, 2.75) is 25.7 Å². The third-order valence-corrected chi connectivity index (χ3v) is 5.29. The first kappa shape index (κ1) is 17.7. The van der Waals surface area contributed by atoms with E-state index in [2.05, 4.69) is 24.8 Å². The second-order valence-electron chi connectivity index (χ2n) is 7.11. The van der Waals surface area contributed by atoms with Crippen LogP contribution in [0.15, 0.2) is 36.7 Å². The number of carbonyl (C=O) groups excluding carboxylic acids is 1. The maximum atomic E-state index is 12.9. The van der Waals surface area contributed by atoms with Gasteiger partial charge < -0.3 is 14.7 Å². The zero-order valence-corrected chi connectivity index (χ0v) is 15.6. The molecule has 27 heavy (non-hydrogen) atoms. The molecule has 0 aromatic carbocycles. The lowest BCUT2D eigenvalue weighted by Crippen LogP contribution is -2.49. The van der Waals surface area contributed by atoms with Crippen LogP contribution in [0.2, 0.25) is 0 Å². The van der Waals surface area contributed by atoms with Gasteiger partial charge in [0, 0.05) is 51.7 Å². The molecule has 0 radical (unpaired) electrons. The first-order chi connectivity index (χ1) is 13.3. The van der Waals surface area contributed by atoms with Gasteiger partial charge in [-0.2, -0.15) is 0 Å². The Labute approximate surface area is 160 Å². The van der Waals surface area contributed by atoms with Gasteiger partial charge in [-0.1, -0.05) is 18.9 Å². The summed E-state index contributed by atoms with van der Waals surface area (Å²) in [5.41, 5.74) is 0.496. The van der Waals surface area contributed by atoms with Gasteiger partial charge in [0.15, 0.2) is 0 Å². The molecule has 2 fully saturated rings. The lowest BCUT2D eigenvalue weighted by atomic mass is 10.2. The second kappa shape index (κ2) is 8.33. The van der Waals surface area contributed by atoms with E-state index in [4.69, 9.17) is 0 Å². The number of aromatic nitrogens is 3. The van der Waals surface area contributed by atoms with Crippen LogP contribution >= 0.6 is 0 Å². The summed E-state index contributed by atoms with van der Waals surface area (Å²) in [6, 6.07) is 7.65. The summed E-state index contributed by atoms with van der Waals surface area (Å²) in [5.74, 6) is 1.65. The number of amides is 1. The molecule has 4 heterocycles. The van der Waals surface area contributed by atoms with Gasteiger partial charge in [0.25, 0.3) is 5.91 Å². The number of hydrogen-bond donors (Lipinski definition) is 0. The summed E-state index contributed by atoms with van der Waals surface area (Å²) in [4.78, 5) is 32.6. The van der Waals surface area contributed by atoms with E-state index in [1.807, 2.05) is 23.1 Å². The topological polar surface area (TPSA) is 65.5 Å². The van der Waals surface area contributed by atoms with E-state index in [-0.39, 0.29) is 5.91 Å². The molecule has 2 aliphatic rings. The Morgan fingerprint density at radius 3 is 2.26 bits per heavy atom. The fraction of sp³-hybridized carbons (Fsp3) is 0.500. The fourth-order valence-corrected chi connectivity index (χ4v) is 3.73. The summed E-state index contributed by atoms with van der Waals surface area (Å²) in [5, 5.41) is 0. The highest BCUT2D eigenvalue weighted by molar-refractivity contribution is 5.92. The Kier molecular flexibility index (Phi) is 5.46. The molecule has 2 aromatic rings. The molecule has 0 spiro atoms. The van der Waals surface area contributed by atoms with Crippen molar-refractivity contribution < 1.29 is 4.79 Å². The summed E-state index contributed by atoms with van der Waals surface area (Å²) < 4.78 is 0.